The summed E-state index contributed by atoms with van der Waals surface area (Å²) >= 11 is 0. The van der Waals surface area contributed by atoms with Crippen LogP contribution in [0.15, 0.2) is 12.1 Å². The van der Waals surface area contributed by atoms with Crippen LogP contribution in [0.3, 0.4) is 0 Å². The summed E-state index contributed by atoms with van der Waals surface area (Å²) in [4.78, 5) is 16.6. The molecule has 0 fully saturated rings. The SMILES string of the molecule is COc1ccc(NC(=O)[C@](C)(CC(C)C)OC)c(C)n1. The quantitative estimate of drug-likeness (QED) is 0.870. The van der Waals surface area contributed by atoms with Crippen LogP contribution in [0.25, 0.3) is 0 Å². The zero-order valence-corrected chi connectivity index (χ0v) is 13.1. The average Bonchev–Trinajstić information content (AvgIpc) is 2.39. The molecule has 1 aromatic heterocycles. The Bertz CT molecular complexity index is 474. The van der Waals surface area contributed by atoms with Crippen molar-refractivity contribution in [1.29, 1.82) is 0 Å². The maximum atomic E-state index is 12.4. The van der Waals surface area contributed by atoms with E-state index in [1.54, 1.807) is 33.3 Å². The van der Waals surface area contributed by atoms with Crippen molar-refractivity contribution in [1.82, 2.24) is 4.98 Å². The second kappa shape index (κ2) is 6.70. The Balaban J connectivity index is 2.89. The van der Waals surface area contributed by atoms with Gasteiger partial charge in [-0.2, -0.15) is 0 Å². The Hall–Kier alpha value is -1.62. The summed E-state index contributed by atoms with van der Waals surface area (Å²) in [5.74, 6) is 0.724. The van der Waals surface area contributed by atoms with E-state index in [2.05, 4.69) is 24.1 Å². The predicted molar refractivity (Wildman–Crippen MR) is 79.0 cm³/mol. The monoisotopic (exact) mass is 280 g/mol. The molecule has 0 aromatic carbocycles. The molecule has 112 valence electrons. The number of aryl methyl sites for hydroxylation is 1. The molecule has 1 aromatic rings. The van der Waals surface area contributed by atoms with Gasteiger partial charge in [0.15, 0.2) is 0 Å². The highest BCUT2D eigenvalue weighted by Gasteiger charge is 2.34. The molecule has 0 unspecified atom stereocenters. The second-order valence-corrected chi connectivity index (χ2v) is 5.47. The maximum Gasteiger partial charge on any atom is 0.256 e. The number of methoxy groups -OCH3 is 2. The molecule has 0 bridgehead atoms. The summed E-state index contributed by atoms with van der Waals surface area (Å²) in [7, 11) is 3.12. The van der Waals surface area contributed by atoms with E-state index in [1.807, 2.05) is 6.92 Å². The minimum absolute atomic E-state index is 0.163. The van der Waals surface area contributed by atoms with E-state index in [1.165, 1.54) is 0 Å². The van der Waals surface area contributed by atoms with Crippen molar-refractivity contribution in [2.75, 3.05) is 19.5 Å². The van der Waals surface area contributed by atoms with E-state index in [0.717, 1.165) is 0 Å². The highest BCUT2D eigenvalue weighted by Crippen LogP contribution is 2.24. The van der Waals surface area contributed by atoms with Crippen molar-refractivity contribution >= 4 is 11.6 Å². The molecule has 0 saturated carbocycles. The van der Waals surface area contributed by atoms with Gasteiger partial charge in [0, 0.05) is 13.2 Å². The lowest BCUT2D eigenvalue weighted by Gasteiger charge is -2.28. The van der Waals surface area contributed by atoms with E-state index in [0.29, 0.717) is 29.6 Å². The third kappa shape index (κ3) is 3.93. The molecule has 1 amide bonds. The van der Waals surface area contributed by atoms with Gasteiger partial charge in [0.2, 0.25) is 5.88 Å². The Morgan fingerprint density at radius 1 is 1.40 bits per heavy atom. The first-order valence-electron chi connectivity index (χ1n) is 6.70. The van der Waals surface area contributed by atoms with E-state index in [4.69, 9.17) is 9.47 Å². The van der Waals surface area contributed by atoms with Gasteiger partial charge in [-0.15, -0.1) is 0 Å². The van der Waals surface area contributed by atoms with Crippen LogP contribution in [-0.4, -0.2) is 30.7 Å². The van der Waals surface area contributed by atoms with E-state index in [-0.39, 0.29) is 5.91 Å². The molecule has 0 radical (unpaired) electrons. The van der Waals surface area contributed by atoms with Gasteiger partial charge in [0.05, 0.1) is 18.5 Å². The van der Waals surface area contributed by atoms with Gasteiger partial charge in [-0.1, -0.05) is 13.8 Å². The van der Waals surface area contributed by atoms with Crippen molar-refractivity contribution < 1.29 is 14.3 Å². The normalized spacial score (nSPS) is 13.9. The first-order valence-corrected chi connectivity index (χ1v) is 6.70. The van der Waals surface area contributed by atoms with Gasteiger partial charge < -0.3 is 14.8 Å². The largest absolute Gasteiger partial charge is 0.481 e. The number of hydrogen-bond donors (Lipinski definition) is 1. The number of hydrogen-bond acceptors (Lipinski definition) is 4. The first kappa shape index (κ1) is 16.4. The van der Waals surface area contributed by atoms with E-state index >= 15 is 0 Å². The van der Waals surface area contributed by atoms with Crippen LogP contribution in [0.1, 0.15) is 32.9 Å². The average molecular weight is 280 g/mol. The first-order chi connectivity index (χ1) is 9.32. The molecule has 0 aliphatic carbocycles. The van der Waals surface area contributed by atoms with Gasteiger partial charge in [0.25, 0.3) is 5.91 Å². The summed E-state index contributed by atoms with van der Waals surface area (Å²) in [6.45, 7) is 7.74. The van der Waals surface area contributed by atoms with Crippen LogP contribution in [0.2, 0.25) is 0 Å². The number of nitrogens with one attached hydrogen (secondary N) is 1. The summed E-state index contributed by atoms with van der Waals surface area (Å²) in [6.07, 6.45) is 0.651. The molecule has 0 spiro atoms. The summed E-state index contributed by atoms with van der Waals surface area (Å²) in [6, 6.07) is 3.50. The van der Waals surface area contributed by atoms with Crippen LogP contribution in [0, 0.1) is 12.8 Å². The fourth-order valence-electron chi connectivity index (χ4n) is 2.09. The van der Waals surface area contributed by atoms with E-state index in [9.17, 15) is 4.79 Å². The number of rotatable bonds is 6. The Morgan fingerprint density at radius 3 is 2.50 bits per heavy atom. The fraction of sp³-hybridized carbons (Fsp3) is 0.600. The zero-order valence-electron chi connectivity index (χ0n) is 13.1. The number of pyridine rings is 1. The van der Waals surface area contributed by atoms with Gasteiger partial charge in [-0.05, 0) is 32.3 Å². The molecule has 1 rings (SSSR count). The fourth-order valence-corrected chi connectivity index (χ4v) is 2.09. The number of nitrogens with zero attached hydrogens (tertiary/aromatic N) is 1. The minimum atomic E-state index is -0.847. The Labute approximate surface area is 120 Å². The number of ether oxygens (including phenoxy) is 2. The number of aromatic nitrogens is 1. The molecular weight excluding hydrogens is 256 g/mol. The molecule has 0 aliphatic heterocycles. The highest BCUT2D eigenvalue weighted by atomic mass is 16.5. The molecule has 0 saturated heterocycles. The number of amides is 1. The van der Waals surface area contributed by atoms with Crippen molar-refractivity contribution in [2.45, 2.75) is 39.7 Å². The summed E-state index contributed by atoms with van der Waals surface area (Å²) in [5.41, 5.74) is 0.532. The Kier molecular flexibility index (Phi) is 5.51. The molecule has 1 atom stereocenters. The summed E-state index contributed by atoms with van der Waals surface area (Å²) < 4.78 is 10.5. The van der Waals surface area contributed by atoms with Crippen LogP contribution in [0.4, 0.5) is 5.69 Å². The van der Waals surface area contributed by atoms with Crippen LogP contribution in [-0.2, 0) is 9.53 Å². The number of anilines is 1. The molecule has 20 heavy (non-hydrogen) atoms. The van der Waals surface area contributed by atoms with Crippen molar-refractivity contribution in [2.24, 2.45) is 5.92 Å². The van der Waals surface area contributed by atoms with E-state index < -0.39 is 5.60 Å². The van der Waals surface area contributed by atoms with Gasteiger partial charge in [-0.3, -0.25) is 4.79 Å². The third-order valence-electron chi connectivity index (χ3n) is 3.25. The molecular formula is C15H24N2O3. The standard InChI is InChI=1S/C15H24N2O3/c1-10(2)9-15(4,20-6)14(18)17-12-7-8-13(19-5)16-11(12)3/h7-8,10H,9H2,1-6H3,(H,17,18)/t15-/m0/s1. The predicted octanol–water partition coefficient (Wildman–Crippen LogP) is 2.79. The van der Waals surface area contributed by atoms with Gasteiger partial charge in [0.1, 0.15) is 5.60 Å². The second-order valence-electron chi connectivity index (χ2n) is 5.47. The topological polar surface area (TPSA) is 60.5 Å². The smallest absolute Gasteiger partial charge is 0.256 e. The third-order valence-corrected chi connectivity index (χ3v) is 3.25. The van der Waals surface area contributed by atoms with Crippen molar-refractivity contribution in [3.63, 3.8) is 0 Å². The molecule has 5 nitrogen and oxygen atoms in total. The lowest BCUT2D eigenvalue weighted by molar-refractivity contribution is -0.137. The molecule has 1 N–H and O–H groups in total. The minimum Gasteiger partial charge on any atom is -0.481 e. The van der Waals surface area contributed by atoms with Crippen molar-refractivity contribution in [3.8, 4) is 5.88 Å². The van der Waals surface area contributed by atoms with Crippen LogP contribution < -0.4 is 10.1 Å². The highest BCUT2D eigenvalue weighted by molar-refractivity contribution is 5.97. The molecule has 1 heterocycles. The zero-order chi connectivity index (χ0) is 15.3. The van der Waals surface area contributed by atoms with Gasteiger partial charge in [-0.25, -0.2) is 4.98 Å². The lowest BCUT2D eigenvalue weighted by Crippen LogP contribution is -2.43. The Morgan fingerprint density at radius 2 is 2.05 bits per heavy atom. The maximum absolute atomic E-state index is 12.4. The molecule has 0 aliphatic rings. The van der Waals surface area contributed by atoms with Crippen molar-refractivity contribution in [3.05, 3.63) is 17.8 Å². The van der Waals surface area contributed by atoms with Crippen LogP contribution in [0.5, 0.6) is 5.88 Å². The molecule has 5 heteroatoms. The lowest BCUT2D eigenvalue weighted by atomic mass is 9.93. The number of carbonyl (C=O) groups excluding carboxylic acids is 1. The van der Waals surface area contributed by atoms with Gasteiger partial charge >= 0.3 is 0 Å². The number of carbonyl (C=O) groups is 1. The van der Waals surface area contributed by atoms with Crippen LogP contribution >= 0.6 is 0 Å². The summed E-state index contributed by atoms with van der Waals surface area (Å²) in [5, 5.41) is 2.88.